The Balaban J connectivity index is 1.81. The van der Waals surface area contributed by atoms with Crippen molar-refractivity contribution in [1.29, 1.82) is 0 Å². The van der Waals surface area contributed by atoms with Gasteiger partial charge < -0.3 is 19.8 Å². The first kappa shape index (κ1) is 22.3. The average Bonchev–Trinajstić information content (AvgIpc) is 2.71. The zero-order valence-electron chi connectivity index (χ0n) is 18.3. The fraction of sp³-hybridized carbons (Fsp3) is 0.565. The second-order valence-electron chi connectivity index (χ2n) is 8.99. The molecule has 1 aromatic carbocycles. The highest BCUT2D eigenvalue weighted by atomic mass is 16.5. The minimum Gasteiger partial charge on any atom is -0.497 e. The SMILES string of the molecule is COc1ccc2nccc(CC(O)N3CCCCC3CN(C(=O)O)C(C)(C)C)c2c1. The van der Waals surface area contributed by atoms with Crippen LogP contribution in [0, 0.1) is 0 Å². The topological polar surface area (TPSA) is 86.1 Å². The number of methoxy groups -OCH3 is 1. The summed E-state index contributed by atoms with van der Waals surface area (Å²) in [7, 11) is 1.63. The summed E-state index contributed by atoms with van der Waals surface area (Å²) in [6.45, 7) is 6.86. The van der Waals surface area contributed by atoms with Crippen LogP contribution in [0.2, 0.25) is 0 Å². The molecule has 1 amide bonds. The van der Waals surface area contributed by atoms with Gasteiger partial charge in [-0.15, -0.1) is 0 Å². The number of rotatable bonds is 6. The summed E-state index contributed by atoms with van der Waals surface area (Å²) in [5.74, 6) is 0.754. The molecule has 7 heteroatoms. The van der Waals surface area contributed by atoms with Crippen molar-refractivity contribution in [2.75, 3.05) is 20.2 Å². The molecule has 0 spiro atoms. The number of aromatic nitrogens is 1. The predicted molar refractivity (Wildman–Crippen MR) is 117 cm³/mol. The zero-order valence-corrected chi connectivity index (χ0v) is 18.3. The van der Waals surface area contributed by atoms with Gasteiger partial charge in [-0.3, -0.25) is 9.88 Å². The van der Waals surface area contributed by atoms with Gasteiger partial charge in [0.25, 0.3) is 0 Å². The molecule has 1 fully saturated rings. The maximum atomic E-state index is 11.8. The molecule has 2 atom stereocenters. The van der Waals surface area contributed by atoms with E-state index in [2.05, 4.69) is 9.88 Å². The van der Waals surface area contributed by atoms with Crippen molar-refractivity contribution in [2.45, 2.75) is 64.3 Å². The highest BCUT2D eigenvalue weighted by Gasteiger charge is 2.34. The Kier molecular flexibility index (Phi) is 6.83. The number of carbonyl (C=O) groups is 1. The van der Waals surface area contributed by atoms with Gasteiger partial charge >= 0.3 is 6.09 Å². The van der Waals surface area contributed by atoms with Crippen LogP contribution in [0.25, 0.3) is 10.9 Å². The molecule has 0 saturated carbocycles. The number of likely N-dealkylation sites (tertiary alicyclic amines) is 1. The lowest BCUT2D eigenvalue weighted by Crippen LogP contribution is -2.56. The molecular weight excluding hydrogens is 382 g/mol. The lowest BCUT2D eigenvalue weighted by Gasteiger charge is -2.43. The van der Waals surface area contributed by atoms with Gasteiger partial charge in [0, 0.05) is 42.7 Å². The zero-order chi connectivity index (χ0) is 21.9. The third kappa shape index (κ3) is 5.02. The number of pyridine rings is 1. The van der Waals surface area contributed by atoms with Crippen LogP contribution in [0.1, 0.15) is 45.6 Å². The van der Waals surface area contributed by atoms with E-state index in [4.69, 9.17) is 4.74 Å². The Labute approximate surface area is 178 Å². The summed E-state index contributed by atoms with van der Waals surface area (Å²) in [6.07, 6.45) is 3.52. The van der Waals surface area contributed by atoms with Crippen molar-refractivity contribution in [1.82, 2.24) is 14.8 Å². The molecule has 1 aliphatic rings. The molecule has 2 heterocycles. The molecule has 2 aromatic rings. The maximum absolute atomic E-state index is 11.8. The van der Waals surface area contributed by atoms with Crippen LogP contribution in [-0.2, 0) is 6.42 Å². The Bertz CT molecular complexity index is 880. The van der Waals surface area contributed by atoms with Crippen LogP contribution in [0.4, 0.5) is 4.79 Å². The van der Waals surface area contributed by atoms with E-state index in [9.17, 15) is 15.0 Å². The van der Waals surface area contributed by atoms with Gasteiger partial charge in [0.15, 0.2) is 0 Å². The molecule has 1 saturated heterocycles. The van der Waals surface area contributed by atoms with Crippen LogP contribution in [0.15, 0.2) is 30.5 Å². The molecule has 0 aliphatic carbocycles. The van der Waals surface area contributed by atoms with Crippen LogP contribution >= 0.6 is 0 Å². The van der Waals surface area contributed by atoms with E-state index in [1.807, 2.05) is 45.0 Å². The minimum absolute atomic E-state index is 0.00767. The fourth-order valence-corrected chi connectivity index (χ4v) is 4.26. The first-order valence-electron chi connectivity index (χ1n) is 10.6. The van der Waals surface area contributed by atoms with Crippen molar-refractivity contribution >= 4 is 17.0 Å². The number of aliphatic hydroxyl groups excluding tert-OH is 1. The molecule has 1 aliphatic heterocycles. The Morgan fingerprint density at radius 3 is 2.77 bits per heavy atom. The number of amides is 1. The summed E-state index contributed by atoms with van der Waals surface area (Å²) in [5.41, 5.74) is 1.37. The lowest BCUT2D eigenvalue weighted by molar-refractivity contribution is -0.0520. The van der Waals surface area contributed by atoms with E-state index in [0.717, 1.165) is 48.0 Å². The number of hydrogen-bond donors (Lipinski definition) is 2. The van der Waals surface area contributed by atoms with Gasteiger partial charge in [-0.1, -0.05) is 6.42 Å². The smallest absolute Gasteiger partial charge is 0.407 e. The number of benzene rings is 1. The Hall–Kier alpha value is -2.38. The van der Waals surface area contributed by atoms with E-state index in [1.165, 1.54) is 4.90 Å². The normalized spacial score (nSPS) is 18.9. The summed E-state index contributed by atoms with van der Waals surface area (Å²) >= 11 is 0. The number of ether oxygens (including phenoxy) is 1. The summed E-state index contributed by atoms with van der Waals surface area (Å²) in [6, 6.07) is 7.67. The molecule has 2 unspecified atom stereocenters. The largest absolute Gasteiger partial charge is 0.497 e. The maximum Gasteiger partial charge on any atom is 0.407 e. The quantitative estimate of drug-likeness (QED) is 0.748. The van der Waals surface area contributed by atoms with Crippen LogP contribution in [-0.4, -0.2) is 69.1 Å². The van der Waals surface area contributed by atoms with E-state index >= 15 is 0 Å². The molecule has 1 aromatic heterocycles. The van der Waals surface area contributed by atoms with Crippen LogP contribution in [0.5, 0.6) is 5.75 Å². The second kappa shape index (κ2) is 9.18. The summed E-state index contributed by atoms with van der Waals surface area (Å²) < 4.78 is 5.35. The Morgan fingerprint density at radius 2 is 2.10 bits per heavy atom. The van der Waals surface area contributed by atoms with Gasteiger partial charge in [0.1, 0.15) is 12.0 Å². The fourth-order valence-electron chi connectivity index (χ4n) is 4.26. The van der Waals surface area contributed by atoms with Gasteiger partial charge in [0.05, 0.1) is 12.6 Å². The number of carboxylic acid groups (broad SMARTS) is 1. The number of aliphatic hydroxyl groups is 1. The number of nitrogens with zero attached hydrogens (tertiary/aromatic N) is 3. The highest BCUT2D eigenvalue weighted by Crippen LogP contribution is 2.27. The van der Waals surface area contributed by atoms with Gasteiger partial charge in [-0.05, 0) is 63.4 Å². The van der Waals surface area contributed by atoms with Crippen LogP contribution in [0.3, 0.4) is 0 Å². The number of piperidine rings is 1. The molecule has 30 heavy (non-hydrogen) atoms. The first-order valence-corrected chi connectivity index (χ1v) is 10.6. The molecular formula is C23H33N3O4. The van der Waals surface area contributed by atoms with E-state index in [0.29, 0.717) is 13.0 Å². The monoisotopic (exact) mass is 415 g/mol. The number of fused-ring (bicyclic) bond motifs is 1. The van der Waals surface area contributed by atoms with Gasteiger partial charge in [0.2, 0.25) is 0 Å². The van der Waals surface area contributed by atoms with Crippen molar-refractivity contribution in [3.63, 3.8) is 0 Å². The molecule has 0 bridgehead atoms. The summed E-state index contributed by atoms with van der Waals surface area (Å²) in [5, 5.41) is 21.8. The molecule has 3 rings (SSSR count). The molecule has 0 radical (unpaired) electrons. The van der Waals surface area contributed by atoms with Crippen molar-refractivity contribution in [2.24, 2.45) is 0 Å². The average molecular weight is 416 g/mol. The molecule has 164 valence electrons. The third-order valence-electron chi connectivity index (χ3n) is 5.93. The second-order valence-corrected chi connectivity index (χ2v) is 8.99. The van der Waals surface area contributed by atoms with Crippen molar-refractivity contribution in [3.8, 4) is 5.75 Å². The van der Waals surface area contributed by atoms with Gasteiger partial charge in [-0.25, -0.2) is 4.79 Å². The van der Waals surface area contributed by atoms with Crippen molar-refractivity contribution in [3.05, 3.63) is 36.0 Å². The van der Waals surface area contributed by atoms with E-state index < -0.39 is 17.9 Å². The third-order valence-corrected chi connectivity index (χ3v) is 5.93. The van der Waals surface area contributed by atoms with E-state index in [-0.39, 0.29) is 6.04 Å². The van der Waals surface area contributed by atoms with Crippen molar-refractivity contribution < 1.29 is 19.7 Å². The first-order chi connectivity index (χ1) is 14.2. The summed E-state index contributed by atoms with van der Waals surface area (Å²) in [4.78, 5) is 19.8. The minimum atomic E-state index is -0.922. The van der Waals surface area contributed by atoms with E-state index in [1.54, 1.807) is 13.3 Å². The Morgan fingerprint density at radius 1 is 1.33 bits per heavy atom. The van der Waals surface area contributed by atoms with Gasteiger partial charge in [-0.2, -0.15) is 0 Å². The highest BCUT2D eigenvalue weighted by molar-refractivity contribution is 5.83. The molecule has 7 nitrogen and oxygen atoms in total. The molecule has 2 N–H and O–H groups in total. The van der Waals surface area contributed by atoms with Crippen LogP contribution < -0.4 is 4.74 Å². The predicted octanol–water partition coefficient (Wildman–Crippen LogP) is 3.74. The number of hydrogen-bond acceptors (Lipinski definition) is 5. The standard InChI is InChI=1S/C23H33N3O4/c1-23(2,3)26(22(28)29)15-17-7-5-6-12-25(17)21(27)13-16-10-11-24-20-9-8-18(30-4)14-19(16)20/h8-11,14,17,21,27H,5-7,12-13,15H2,1-4H3,(H,28,29). The lowest BCUT2D eigenvalue weighted by atomic mass is 9.97.